The maximum atomic E-state index is 12.7. The Morgan fingerprint density at radius 3 is 2.41 bits per heavy atom. The second kappa shape index (κ2) is 8.48. The molecule has 8 nitrogen and oxygen atoms in total. The van der Waals surface area contributed by atoms with Crippen LogP contribution in [0.5, 0.6) is 0 Å². The topological polar surface area (TPSA) is 99.0 Å². The number of carbonyl (C=O) groups is 2. The fraction of sp³-hybridized carbons (Fsp3) is 0.368. The summed E-state index contributed by atoms with van der Waals surface area (Å²) in [5.74, 6) is -1.98. The van der Waals surface area contributed by atoms with E-state index in [2.05, 4.69) is 0 Å². The van der Waals surface area contributed by atoms with Gasteiger partial charge in [-0.15, -0.1) is 0 Å². The molecule has 0 amide bonds. The van der Waals surface area contributed by atoms with Gasteiger partial charge in [-0.05, 0) is 26.3 Å². The fourth-order valence-electron chi connectivity index (χ4n) is 2.96. The predicted molar refractivity (Wildman–Crippen MR) is 97.6 cm³/mol. The third kappa shape index (κ3) is 4.16. The summed E-state index contributed by atoms with van der Waals surface area (Å²) >= 11 is 0. The molecule has 1 unspecified atom stereocenters. The molecule has 0 aliphatic carbocycles. The summed E-state index contributed by atoms with van der Waals surface area (Å²) < 4.78 is 10.3. The van der Waals surface area contributed by atoms with Crippen LogP contribution in [0.25, 0.3) is 0 Å². The minimum atomic E-state index is -0.820. The van der Waals surface area contributed by atoms with Gasteiger partial charge in [0.05, 0.1) is 35.2 Å². The zero-order chi connectivity index (χ0) is 20.1. The largest absolute Gasteiger partial charge is 0.463 e. The van der Waals surface area contributed by atoms with Crippen molar-refractivity contribution in [3.63, 3.8) is 0 Å². The summed E-state index contributed by atoms with van der Waals surface area (Å²) in [4.78, 5) is 37.5. The Morgan fingerprint density at radius 2 is 1.81 bits per heavy atom. The Balaban J connectivity index is 2.67. The summed E-state index contributed by atoms with van der Waals surface area (Å²) in [6, 6.07) is 5.87. The van der Waals surface area contributed by atoms with Crippen molar-refractivity contribution in [1.29, 1.82) is 0 Å². The van der Waals surface area contributed by atoms with Crippen LogP contribution in [-0.4, -0.2) is 42.0 Å². The zero-order valence-corrected chi connectivity index (χ0v) is 15.7. The first-order valence-corrected chi connectivity index (χ1v) is 8.55. The second-order valence-corrected chi connectivity index (χ2v) is 5.92. The van der Waals surface area contributed by atoms with E-state index < -0.39 is 22.8 Å². The minimum absolute atomic E-state index is 0.129. The molecule has 1 heterocycles. The maximum Gasteiger partial charge on any atom is 0.336 e. The Hall–Kier alpha value is -3.16. The van der Waals surface area contributed by atoms with Crippen LogP contribution in [0.15, 0.2) is 47.3 Å². The standard InChI is InChI=1S/C19H22N2O6/c1-5-26-18(22)15-11-20(4)12(3)16(19(23)27-6-2)17(15)13-8-7-9-14(10-13)21(24)25/h7-11,17H,5-6H2,1-4H3. The number of hydrogen-bond acceptors (Lipinski definition) is 7. The van der Waals surface area contributed by atoms with Gasteiger partial charge in [0.15, 0.2) is 0 Å². The van der Waals surface area contributed by atoms with Crippen LogP contribution in [0.1, 0.15) is 32.3 Å². The number of esters is 2. The van der Waals surface area contributed by atoms with E-state index in [1.807, 2.05) is 0 Å². The summed E-state index contributed by atoms with van der Waals surface area (Å²) in [5.41, 5.74) is 1.38. The van der Waals surface area contributed by atoms with Gasteiger partial charge in [0, 0.05) is 31.1 Å². The van der Waals surface area contributed by atoms with E-state index >= 15 is 0 Å². The highest BCUT2D eigenvalue weighted by molar-refractivity contribution is 5.99. The van der Waals surface area contributed by atoms with Crippen molar-refractivity contribution in [1.82, 2.24) is 4.90 Å². The summed E-state index contributed by atoms with van der Waals surface area (Å²) in [6.45, 7) is 5.43. The average Bonchev–Trinajstić information content (AvgIpc) is 2.63. The molecule has 8 heteroatoms. The van der Waals surface area contributed by atoms with Gasteiger partial charge in [0.2, 0.25) is 0 Å². The molecule has 0 spiro atoms. The molecule has 1 aliphatic heterocycles. The molecule has 1 atom stereocenters. The van der Waals surface area contributed by atoms with Gasteiger partial charge in [-0.25, -0.2) is 9.59 Å². The van der Waals surface area contributed by atoms with Crippen LogP contribution in [0.3, 0.4) is 0 Å². The van der Waals surface area contributed by atoms with E-state index in [9.17, 15) is 19.7 Å². The van der Waals surface area contributed by atoms with Crippen molar-refractivity contribution in [2.24, 2.45) is 0 Å². The molecule has 0 saturated carbocycles. The number of hydrogen-bond donors (Lipinski definition) is 0. The molecule has 1 aliphatic rings. The number of non-ortho nitro benzene ring substituents is 1. The Morgan fingerprint density at radius 1 is 1.19 bits per heavy atom. The van der Waals surface area contributed by atoms with Crippen LogP contribution in [0, 0.1) is 10.1 Å². The lowest BCUT2D eigenvalue weighted by atomic mass is 9.81. The monoisotopic (exact) mass is 374 g/mol. The molecule has 0 saturated heterocycles. The summed E-state index contributed by atoms with van der Waals surface area (Å²) in [7, 11) is 1.71. The number of benzene rings is 1. The first-order valence-electron chi connectivity index (χ1n) is 8.55. The number of nitro groups is 1. The molecule has 0 bridgehead atoms. The summed E-state index contributed by atoms with van der Waals surface area (Å²) in [5, 5.41) is 11.2. The maximum absolute atomic E-state index is 12.7. The van der Waals surface area contributed by atoms with Gasteiger partial charge in [0.25, 0.3) is 5.69 Å². The van der Waals surface area contributed by atoms with Crippen LogP contribution in [-0.2, 0) is 19.1 Å². The van der Waals surface area contributed by atoms with Crippen LogP contribution >= 0.6 is 0 Å². The molecule has 144 valence electrons. The summed E-state index contributed by atoms with van der Waals surface area (Å²) in [6.07, 6.45) is 1.58. The average molecular weight is 374 g/mol. The number of carbonyl (C=O) groups excluding carboxylic acids is 2. The SMILES string of the molecule is CCOC(=O)C1=CN(C)C(C)=C(C(=O)OCC)C1c1cccc([N+](=O)[O-])c1. The highest BCUT2D eigenvalue weighted by Crippen LogP contribution is 2.40. The molecule has 1 aromatic carbocycles. The number of nitro benzene ring substituents is 1. The zero-order valence-electron chi connectivity index (χ0n) is 15.7. The van der Waals surface area contributed by atoms with Crippen LogP contribution < -0.4 is 0 Å². The lowest BCUT2D eigenvalue weighted by molar-refractivity contribution is -0.384. The first-order chi connectivity index (χ1) is 12.8. The smallest absolute Gasteiger partial charge is 0.336 e. The molecular weight excluding hydrogens is 352 g/mol. The van der Waals surface area contributed by atoms with Crippen molar-refractivity contribution in [2.45, 2.75) is 26.7 Å². The number of allylic oxidation sites excluding steroid dienone is 1. The van der Waals surface area contributed by atoms with Gasteiger partial charge in [-0.2, -0.15) is 0 Å². The molecular formula is C19H22N2O6. The Labute approximate surface area is 157 Å². The van der Waals surface area contributed by atoms with Gasteiger partial charge in [0.1, 0.15) is 0 Å². The van der Waals surface area contributed by atoms with E-state index in [4.69, 9.17) is 9.47 Å². The normalized spacial score (nSPS) is 16.7. The third-order valence-corrected chi connectivity index (χ3v) is 4.27. The second-order valence-electron chi connectivity index (χ2n) is 5.92. The minimum Gasteiger partial charge on any atom is -0.463 e. The third-order valence-electron chi connectivity index (χ3n) is 4.27. The first kappa shape index (κ1) is 20.2. The number of ether oxygens (including phenoxy) is 2. The quantitative estimate of drug-likeness (QED) is 0.429. The molecule has 0 N–H and O–H groups in total. The van der Waals surface area contributed by atoms with Gasteiger partial charge >= 0.3 is 11.9 Å². The van der Waals surface area contributed by atoms with Crippen molar-refractivity contribution >= 4 is 17.6 Å². The number of nitrogens with zero attached hydrogens (tertiary/aromatic N) is 2. The van der Waals surface area contributed by atoms with E-state index in [1.54, 1.807) is 45.0 Å². The predicted octanol–water partition coefficient (Wildman–Crippen LogP) is 2.91. The van der Waals surface area contributed by atoms with E-state index in [-0.39, 0.29) is 30.0 Å². The molecule has 27 heavy (non-hydrogen) atoms. The van der Waals surface area contributed by atoms with Gasteiger partial charge in [-0.1, -0.05) is 12.1 Å². The highest BCUT2D eigenvalue weighted by Gasteiger charge is 2.37. The molecule has 0 aromatic heterocycles. The van der Waals surface area contributed by atoms with Crippen molar-refractivity contribution < 1.29 is 24.0 Å². The Bertz CT molecular complexity index is 827. The fourth-order valence-corrected chi connectivity index (χ4v) is 2.96. The lowest BCUT2D eigenvalue weighted by Gasteiger charge is -2.32. The molecule has 0 fully saturated rings. The molecule has 1 aromatic rings. The molecule has 0 radical (unpaired) electrons. The van der Waals surface area contributed by atoms with E-state index in [0.717, 1.165) is 0 Å². The lowest BCUT2D eigenvalue weighted by Crippen LogP contribution is -2.30. The van der Waals surface area contributed by atoms with Crippen molar-refractivity contribution in [3.8, 4) is 0 Å². The van der Waals surface area contributed by atoms with E-state index in [0.29, 0.717) is 11.3 Å². The van der Waals surface area contributed by atoms with Gasteiger partial charge in [-0.3, -0.25) is 10.1 Å². The van der Waals surface area contributed by atoms with Gasteiger partial charge < -0.3 is 14.4 Å². The van der Waals surface area contributed by atoms with E-state index in [1.165, 1.54) is 18.2 Å². The van der Waals surface area contributed by atoms with Crippen LogP contribution in [0.2, 0.25) is 0 Å². The molecule has 2 rings (SSSR count). The van der Waals surface area contributed by atoms with Crippen LogP contribution in [0.4, 0.5) is 5.69 Å². The Kier molecular flexibility index (Phi) is 6.33. The van der Waals surface area contributed by atoms with Crippen molar-refractivity contribution in [3.05, 3.63) is 63.0 Å². The highest BCUT2D eigenvalue weighted by atomic mass is 16.6. The number of rotatable bonds is 6. The van der Waals surface area contributed by atoms with Crippen molar-refractivity contribution in [2.75, 3.05) is 20.3 Å².